The summed E-state index contributed by atoms with van der Waals surface area (Å²) in [5.41, 5.74) is 0.270. The number of hydrogen-bond acceptors (Lipinski definition) is 3. The van der Waals surface area contributed by atoms with Gasteiger partial charge in [-0.2, -0.15) is 0 Å². The van der Waals surface area contributed by atoms with Crippen molar-refractivity contribution in [3.05, 3.63) is 11.6 Å². The molecule has 5 heteroatoms. The van der Waals surface area contributed by atoms with Gasteiger partial charge >= 0.3 is 12.1 Å². The van der Waals surface area contributed by atoms with Gasteiger partial charge in [-0.1, -0.05) is 6.08 Å². The number of hydrogen-bond donors (Lipinski definition) is 2. The van der Waals surface area contributed by atoms with Crippen molar-refractivity contribution in [1.29, 1.82) is 0 Å². The largest absolute Gasteiger partial charge is 0.478 e. The van der Waals surface area contributed by atoms with Crippen LogP contribution >= 0.6 is 0 Å². The molecule has 0 spiro atoms. The summed E-state index contributed by atoms with van der Waals surface area (Å²) in [6, 6.07) is 0. The number of carboxylic acid groups (broad SMARTS) is 1. The normalized spacial score (nSPS) is 10.8. The van der Waals surface area contributed by atoms with E-state index in [1.54, 1.807) is 0 Å². The molecule has 0 aliphatic heterocycles. The zero-order chi connectivity index (χ0) is 10.3. The lowest BCUT2D eigenvalue weighted by molar-refractivity contribution is -0.132. The number of amides is 1. The summed E-state index contributed by atoms with van der Waals surface area (Å²) < 4.78 is 4.32. The predicted octanol–water partition coefficient (Wildman–Crippen LogP) is 0.763. The second-order valence-corrected chi connectivity index (χ2v) is 2.40. The Balaban J connectivity index is 3.61. The zero-order valence-electron chi connectivity index (χ0n) is 7.66. The molecule has 0 unspecified atom stereocenters. The summed E-state index contributed by atoms with van der Waals surface area (Å²) in [5, 5.41) is 10.9. The first kappa shape index (κ1) is 11.5. The molecule has 0 aliphatic carbocycles. The maximum atomic E-state index is 10.5. The molecule has 0 aliphatic rings. The van der Waals surface area contributed by atoms with Crippen LogP contribution in [0.4, 0.5) is 4.79 Å². The summed E-state index contributed by atoms with van der Waals surface area (Å²) in [4.78, 5) is 20.8. The average molecular weight is 187 g/mol. The van der Waals surface area contributed by atoms with Crippen LogP contribution in [0.2, 0.25) is 0 Å². The molecule has 0 saturated carbocycles. The third-order valence-electron chi connectivity index (χ3n) is 1.39. The molecule has 0 bridgehead atoms. The second-order valence-electron chi connectivity index (χ2n) is 2.40. The number of carboxylic acids is 1. The number of nitrogens with one attached hydrogen (secondary N) is 1. The minimum Gasteiger partial charge on any atom is -0.478 e. The van der Waals surface area contributed by atoms with Crippen molar-refractivity contribution >= 4 is 12.1 Å². The lowest BCUT2D eigenvalue weighted by Gasteiger charge is -2.00. The molecule has 74 valence electrons. The molecule has 0 rings (SSSR count). The SMILES string of the molecule is COC(=O)NCCC=C(C)C(=O)O. The van der Waals surface area contributed by atoms with Crippen molar-refractivity contribution in [3.8, 4) is 0 Å². The average Bonchev–Trinajstić information content (AvgIpc) is 2.11. The van der Waals surface area contributed by atoms with Crippen molar-refractivity contribution in [1.82, 2.24) is 5.32 Å². The number of carbonyl (C=O) groups is 2. The molecular weight excluding hydrogens is 174 g/mol. The number of carbonyl (C=O) groups excluding carboxylic acids is 1. The first-order valence-corrected chi connectivity index (χ1v) is 3.79. The highest BCUT2D eigenvalue weighted by Crippen LogP contribution is 1.93. The Bertz CT molecular complexity index is 222. The van der Waals surface area contributed by atoms with Crippen molar-refractivity contribution in [2.45, 2.75) is 13.3 Å². The van der Waals surface area contributed by atoms with Gasteiger partial charge in [0.15, 0.2) is 0 Å². The standard InChI is InChI=1S/C8H13NO4/c1-6(7(10)11)4-3-5-9-8(12)13-2/h4H,3,5H2,1-2H3,(H,9,12)(H,10,11). The Kier molecular flexibility index (Phi) is 5.34. The van der Waals surface area contributed by atoms with Crippen LogP contribution in [0.3, 0.4) is 0 Å². The Morgan fingerprint density at radius 3 is 2.62 bits per heavy atom. The second kappa shape index (κ2) is 6.05. The van der Waals surface area contributed by atoms with E-state index in [2.05, 4.69) is 10.1 Å². The predicted molar refractivity (Wildman–Crippen MR) is 46.4 cm³/mol. The highest BCUT2D eigenvalue weighted by atomic mass is 16.5. The molecule has 0 heterocycles. The van der Waals surface area contributed by atoms with Crippen molar-refractivity contribution < 1.29 is 19.4 Å². The topological polar surface area (TPSA) is 75.6 Å². The molecule has 0 saturated heterocycles. The number of alkyl carbamates (subject to hydrolysis) is 1. The molecule has 2 N–H and O–H groups in total. The molecule has 0 aromatic heterocycles. The fourth-order valence-corrected chi connectivity index (χ4v) is 0.622. The Hall–Kier alpha value is -1.52. The molecule has 0 atom stereocenters. The monoisotopic (exact) mass is 187 g/mol. The highest BCUT2D eigenvalue weighted by molar-refractivity contribution is 5.85. The number of methoxy groups -OCH3 is 1. The van der Waals surface area contributed by atoms with Gasteiger partial charge in [0.2, 0.25) is 0 Å². The van der Waals surface area contributed by atoms with Gasteiger partial charge < -0.3 is 15.2 Å². The number of rotatable bonds is 4. The van der Waals surface area contributed by atoms with Gasteiger partial charge in [0, 0.05) is 12.1 Å². The van der Waals surface area contributed by atoms with E-state index in [0.29, 0.717) is 13.0 Å². The lowest BCUT2D eigenvalue weighted by atomic mass is 10.2. The summed E-state index contributed by atoms with van der Waals surface area (Å²) in [6.45, 7) is 1.87. The van der Waals surface area contributed by atoms with E-state index in [4.69, 9.17) is 5.11 Å². The summed E-state index contributed by atoms with van der Waals surface area (Å²) in [5.74, 6) is -0.946. The van der Waals surface area contributed by atoms with E-state index in [9.17, 15) is 9.59 Å². The van der Waals surface area contributed by atoms with Crippen LogP contribution in [0.5, 0.6) is 0 Å². The van der Waals surface area contributed by atoms with Crippen molar-refractivity contribution in [3.63, 3.8) is 0 Å². The lowest BCUT2D eigenvalue weighted by Crippen LogP contribution is -2.23. The van der Waals surface area contributed by atoms with Gasteiger partial charge in [0.05, 0.1) is 7.11 Å². The van der Waals surface area contributed by atoms with Gasteiger partial charge in [-0.15, -0.1) is 0 Å². The smallest absolute Gasteiger partial charge is 0.406 e. The summed E-state index contributed by atoms with van der Waals surface area (Å²) in [7, 11) is 1.27. The molecular formula is C8H13NO4. The van der Waals surface area contributed by atoms with E-state index in [0.717, 1.165) is 0 Å². The third kappa shape index (κ3) is 5.72. The highest BCUT2D eigenvalue weighted by Gasteiger charge is 1.99. The molecule has 5 nitrogen and oxygen atoms in total. The van der Waals surface area contributed by atoms with Crippen LogP contribution in [-0.2, 0) is 9.53 Å². The van der Waals surface area contributed by atoms with E-state index < -0.39 is 12.1 Å². The fourth-order valence-electron chi connectivity index (χ4n) is 0.622. The van der Waals surface area contributed by atoms with E-state index in [-0.39, 0.29) is 5.57 Å². The Morgan fingerprint density at radius 1 is 1.54 bits per heavy atom. The van der Waals surface area contributed by atoms with Gasteiger partial charge in [0.25, 0.3) is 0 Å². The maximum Gasteiger partial charge on any atom is 0.406 e. The van der Waals surface area contributed by atoms with Gasteiger partial charge in [0.1, 0.15) is 0 Å². The Morgan fingerprint density at radius 2 is 2.15 bits per heavy atom. The summed E-state index contributed by atoms with van der Waals surface area (Å²) >= 11 is 0. The van der Waals surface area contributed by atoms with Crippen LogP contribution in [-0.4, -0.2) is 30.8 Å². The van der Waals surface area contributed by atoms with Gasteiger partial charge in [-0.25, -0.2) is 9.59 Å². The van der Waals surface area contributed by atoms with Crippen LogP contribution in [0.25, 0.3) is 0 Å². The quantitative estimate of drug-likeness (QED) is 0.503. The van der Waals surface area contributed by atoms with Crippen LogP contribution in [0.15, 0.2) is 11.6 Å². The number of ether oxygens (including phenoxy) is 1. The first-order chi connectivity index (χ1) is 6.07. The van der Waals surface area contributed by atoms with E-state index in [1.165, 1.54) is 20.1 Å². The molecule has 13 heavy (non-hydrogen) atoms. The van der Waals surface area contributed by atoms with Crippen LogP contribution < -0.4 is 5.32 Å². The summed E-state index contributed by atoms with van der Waals surface area (Å²) in [6.07, 6.45) is 1.51. The maximum absolute atomic E-state index is 10.5. The van der Waals surface area contributed by atoms with E-state index in [1.807, 2.05) is 0 Å². The van der Waals surface area contributed by atoms with Crippen LogP contribution in [0.1, 0.15) is 13.3 Å². The Labute approximate surface area is 76.4 Å². The minimum atomic E-state index is -0.946. The molecule has 0 fully saturated rings. The molecule has 0 radical (unpaired) electrons. The van der Waals surface area contributed by atoms with Crippen LogP contribution in [0, 0.1) is 0 Å². The number of aliphatic carboxylic acids is 1. The fraction of sp³-hybridized carbons (Fsp3) is 0.500. The van der Waals surface area contributed by atoms with E-state index >= 15 is 0 Å². The van der Waals surface area contributed by atoms with Gasteiger partial charge in [-0.05, 0) is 13.3 Å². The molecule has 1 amide bonds. The first-order valence-electron chi connectivity index (χ1n) is 3.79. The molecule has 0 aromatic carbocycles. The molecule has 0 aromatic rings. The third-order valence-corrected chi connectivity index (χ3v) is 1.39. The van der Waals surface area contributed by atoms with Gasteiger partial charge in [-0.3, -0.25) is 0 Å². The van der Waals surface area contributed by atoms with Crippen molar-refractivity contribution in [2.75, 3.05) is 13.7 Å². The van der Waals surface area contributed by atoms with Crippen molar-refractivity contribution in [2.24, 2.45) is 0 Å². The minimum absolute atomic E-state index is 0.270. The zero-order valence-corrected chi connectivity index (χ0v) is 7.66.